The molecule has 1 aromatic rings. The molecule has 1 N–H and O–H groups in total. The summed E-state index contributed by atoms with van der Waals surface area (Å²) >= 11 is 0. The van der Waals surface area contributed by atoms with Crippen molar-refractivity contribution < 1.29 is 18.0 Å². The second-order valence-electron chi connectivity index (χ2n) is 5.45. The first-order chi connectivity index (χ1) is 9.78. The van der Waals surface area contributed by atoms with Crippen LogP contribution in [0.5, 0.6) is 0 Å². The van der Waals surface area contributed by atoms with Crippen molar-refractivity contribution in [1.29, 1.82) is 0 Å². The Morgan fingerprint density at radius 1 is 1.33 bits per heavy atom. The average molecular weight is 300 g/mol. The number of hydrogen-bond acceptors (Lipinski definition) is 2. The molecule has 1 aliphatic rings. The second-order valence-corrected chi connectivity index (χ2v) is 5.45. The van der Waals surface area contributed by atoms with Crippen LogP contribution in [0.3, 0.4) is 0 Å². The fraction of sp³-hybridized carbons (Fsp3) is 0.533. The van der Waals surface area contributed by atoms with Gasteiger partial charge in [-0.25, -0.2) is 0 Å². The summed E-state index contributed by atoms with van der Waals surface area (Å²) in [5, 5.41) is 3.08. The van der Waals surface area contributed by atoms with E-state index in [2.05, 4.69) is 5.32 Å². The number of halogens is 3. The van der Waals surface area contributed by atoms with Gasteiger partial charge in [-0.3, -0.25) is 10.1 Å². The van der Waals surface area contributed by atoms with Gasteiger partial charge in [0.1, 0.15) is 6.17 Å². The standard InChI is InChI=1S/C15H19F3N2O/c1-10-4-5-11(2)12(8-10)14-19-9-13(21)20(14)7-3-6-15(16,17)18/h4-5,8,14,19H,3,6-7,9H2,1-2H3. The lowest BCUT2D eigenvalue weighted by atomic mass is 10.0. The molecule has 116 valence electrons. The molecule has 1 heterocycles. The lowest BCUT2D eigenvalue weighted by molar-refractivity contribution is -0.139. The van der Waals surface area contributed by atoms with Crippen LogP contribution in [0.2, 0.25) is 0 Å². The van der Waals surface area contributed by atoms with Crippen molar-refractivity contribution in [2.75, 3.05) is 13.1 Å². The van der Waals surface area contributed by atoms with Crippen molar-refractivity contribution in [3.63, 3.8) is 0 Å². The quantitative estimate of drug-likeness (QED) is 0.927. The molecule has 6 heteroatoms. The maximum Gasteiger partial charge on any atom is 0.389 e. The first-order valence-electron chi connectivity index (χ1n) is 6.95. The molecular formula is C15H19F3N2O. The minimum atomic E-state index is -4.18. The van der Waals surface area contributed by atoms with Gasteiger partial charge in [0.15, 0.2) is 0 Å². The molecule has 0 saturated carbocycles. The first kappa shape index (κ1) is 15.8. The SMILES string of the molecule is Cc1ccc(C)c(C2NCC(=O)N2CCCC(F)(F)F)c1. The third-order valence-electron chi connectivity index (χ3n) is 3.67. The highest BCUT2D eigenvalue weighted by atomic mass is 19.4. The van der Waals surface area contributed by atoms with Gasteiger partial charge in [0.05, 0.1) is 6.54 Å². The summed E-state index contributed by atoms with van der Waals surface area (Å²) in [5.41, 5.74) is 3.04. The highest BCUT2D eigenvalue weighted by Gasteiger charge is 2.33. The lowest BCUT2D eigenvalue weighted by Gasteiger charge is -2.26. The van der Waals surface area contributed by atoms with E-state index in [1.807, 2.05) is 32.0 Å². The highest BCUT2D eigenvalue weighted by molar-refractivity contribution is 5.81. The number of rotatable bonds is 4. The Hall–Kier alpha value is -1.56. The highest BCUT2D eigenvalue weighted by Crippen LogP contribution is 2.28. The van der Waals surface area contributed by atoms with Crippen LogP contribution < -0.4 is 5.32 Å². The van der Waals surface area contributed by atoms with Crippen molar-refractivity contribution >= 4 is 5.91 Å². The van der Waals surface area contributed by atoms with Crippen LogP contribution in [0.15, 0.2) is 18.2 Å². The van der Waals surface area contributed by atoms with Crippen LogP contribution in [0.25, 0.3) is 0 Å². The summed E-state index contributed by atoms with van der Waals surface area (Å²) in [6.45, 7) is 4.17. The van der Waals surface area contributed by atoms with Gasteiger partial charge in [-0.05, 0) is 31.4 Å². The average Bonchev–Trinajstić information content (AvgIpc) is 2.73. The molecule has 0 aliphatic carbocycles. The van der Waals surface area contributed by atoms with E-state index in [0.29, 0.717) is 0 Å². The van der Waals surface area contributed by atoms with Crippen molar-refractivity contribution in [3.8, 4) is 0 Å². The van der Waals surface area contributed by atoms with E-state index in [0.717, 1.165) is 16.7 Å². The molecule has 1 unspecified atom stereocenters. The van der Waals surface area contributed by atoms with E-state index in [1.165, 1.54) is 4.90 Å². The Morgan fingerprint density at radius 2 is 2.05 bits per heavy atom. The summed E-state index contributed by atoms with van der Waals surface area (Å²) in [7, 11) is 0. The molecule has 21 heavy (non-hydrogen) atoms. The number of hydrogen-bond donors (Lipinski definition) is 1. The molecule has 0 radical (unpaired) electrons. The Morgan fingerprint density at radius 3 is 2.71 bits per heavy atom. The molecule has 1 atom stereocenters. The van der Waals surface area contributed by atoms with E-state index in [9.17, 15) is 18.0 Å². The molecule has 0 bridgehead atoms. The number of benzene rings is 1. The largest absolute Gasteiger partial charge is 0.389 e. The number of amides is 1. The minimum Gasteiger partial charge on any atom is -0.322 e. The van der Waals surface area contributed by atoms with Crippen molar-refractivity contribution in [2.45, 2.75) is 39.0 Å². The number of nitrogens with zero attached hydrogens (tertiary/aromatic N) is 1. The third-order valence-corrected chi connectivity index (χ3v) is 3.67. The number of nitrogens with one attached hydrogen (secondary N) is 1. The van der Waals surface area contributed by atoms with Crippen molar-refractivity contribution in [3.05, 3.63) is 34.9 Å². The maximum absolute atomic E-state index is 12.2. The van der Waals surface area contributed by atoms with Crippen LogP contribution in [0, 0.1) is 13.8 Å². The third kappa shape index (κ3) is 3.97. The zero-order chi connectivity index (χ0) is 15.6. The van der Waals surface area contributed by atoms with Crippen LogP contribution in [0.1, 0.15) is 35.7 Å². The summed E-state index contributed by atoms with van der Waals surface area (Å²) in [5.74, 6) is -0.150. The summed E-state index contributed by atoms with van der Waals surface area (Å²) < 4.78 is 36.7. The van der Waals surface area contributed by atoms with Gasteiger partial charge in [0, 0.05) is 13.0 Å². The molecule has 2 rings (SSSR count). The van der Waals surface area contributed by atoms with Gasteiger partial charge in [0.2, 0.25) is 5.91 Å². The van der Waals surface area contributed by atoms with Crippen LogP contribution in [-0.2, 0) is 4.79 Å². The Labute approximate surface area is 122 Å². The van der Waals surface area contributed by atoms with Crippen molar-refractivity contribution in [2.24, 2.45) is 0 Å². The monoisotopic (exact) mass is 300 g/mol. The summed E-state index contributed by atoms with van der Waals surface area (Å²) in [6.07, 6.45) is -5.44. The number of carbonyl (C=O) groups excluding carboxylic acids is 1. The molecule has 1 aromatic carbocycles. The predicted molar refractivity (Wildman–Crippen MR) is 73.7 cm³/mol. The number of alkyl halides is 3. The molecule has 1 amide bonds. The van der Waals surface area contributed by atoms with E-state index < -0.39 is 12.6 Å². The van der Waals surface area contributed by atoms with Crippen molar-refractivity contribution in [1.82, 2.24) is 10.2 Å². The van der Waals surface area contributed by atoms with E-state index in [4.69, 9.17) is 0 Å². The maximum atomic E-state index is 12.2. The molecule has 3 nitrogen and oxygen atoms in total. The molecule has 1 saturated heterocycles. The summed E-state index contributed by atoms with van der Waals surface area (Å²) in [4.78, 5) is 13.4. The van der Waals surface area contributed by atoms with Gasteiger partial charge < -0.3 is 4.90 Å². The smallest absolute Gasteiger partial charge is 0.322 e. The second kappa shape index (κ2) is 6.05. The lowest BCUT2D eigenvalue weighted by Crippen LogP contribution is -2.32. The van der Waals surface area contributed by atoms with Crippen LogP contribution in [0.4, 0.5) is 13.2 Å². The fourth-order valence-corrected chi connectivity index (χ4v) is 2.58. The molecular weight excluding hydrogens is 281 g/mol. The Bertz CT molecular complexity index is 528. The van der Waals surface area contributed by atoms with Crippen LogP contribution >= 0.6 is 0 Å². The zero-order valence-corrected chi connectivity index (χ0v) is 12.1. The Balaban J connectivity index is 2.11. The molecule has 1 aliphatic heterocycles. The first-order valence-corrected chi connectivity index (χ1v) is 6.95. The van der Waals surface area contributed by atoms with E-state index in [-0.39, 0.29) is 31.6 Å². The predicted octanol–water partition coefficient (Wildman–Crippen LogP) is 3.08. The van der Waals surface area contributed by atoms with Gasteiger partial charge in [-0.1, -0.05) is 23.8 Å². The van der Waals surface area contributed by atoms with E-state index in [1.54, 1.807) is 0 Å². The fourth-order valence-electron chi connectivity index (χ4n) is 2.58. The zero-order valence-electron chi connectivity index (χ0n) is 12.1. The minimum absolute atomic E-state index is 0.0711. The Kier molecular flexibility index (Phi) is 4.56. The molecule has 0 spiro atoms. The number of carbonyl (C=O) groups is 1. The van der Waals surface area contributed by atoms with Gasteiger partial charge in [-0.2, -0.15) is 13.2 Å². The summed E-state index contributed by atoms with van der Waals surface area (Å²) in [6, 6.07) is 5.91. The van der Waals surface area contributed by atoms with Gasteiger partial charge in [0.25, 0.3) is 0 Å². The molecule has 0 aromatic heterocycles. The van der Waals surface area contributed by atoms with Gasteiger partial charge >= 0.3 is 6.18 Å². The molecule has 1 fully saturated rings. The van der Waals surface area contributed by atoms with E-state index >= 15 is 0 Å². The topological polar surface area (TPSA) is 32.3 Å². The van der Waals surface area contributed by atoms with Crippen LogP contribution in [-0.4, -0.2) is 30.1 Å². The normalized spacial score (nSPS) is 19.4. The van der Waals surface area contributed by atoms with Gasteiger partial charge in [-0.15, -0.1) is 0 Å². The number of aryl methyl sites for hydroxylation is 2.